The Hall–Kier alpha value is -3.09. The second kappa shape index (κ2) is 5.77. The van der Waals surface area contributed by atoms with Crippen molar-refractivity contribution in [1.29, 1.82) is 0 Å². The Morgan fingerprint density at radius 2 is 1.96 bits per heavy atom. The van der Waals surface area contributed by atoms with E-state index >= 15 is 0 Å². The molecular formula is C18H17N3O4. The van der Waals surface area contributed by atoms with Crippen LogP contribution in [0, 0.1) is 0 Å². The van der Waals surface area contributed by atoms with Gasteiger partial charge in [-0.1, -0.05) is 0 Å². The van der Waals surface area contributed by atoms with Crippen molar-refractivity contribution in [2.24, 2.45) is 0 Å². The molecule has 0 bridgehead atoms. The average Bonchev–Trinajstić information content (AvgIpc) is 3.04. The fraction of sp³-hybridized carbons (Fsp3) is 0.278. The summed E-state index contributed by atoms with van der Waals surface area (Å²) >= 11 is 0. The van der Waals surface area contributed by atoms with Crippen LogP contribution >= 0.6 is 0 Å². The highest BCUT2D eigenvalue weighted by Crippen LogP contribution is 2.35. The van der Waals surface area contributed by atoms with Crippen LogP contribution in [0.3, 0.4) is 0 Å². The topological polar surface area (TPSA) is 86.5 Å². The van der Waals surface area contributed by atoms with Gasteiger partial charge in [-0.3, -0.25) is 0 Å². The van der Waals surface area contributed by atoms with Crippen LogP contribution in [0.5, 0.6) is 11.5 Å². The summed E-state index contributed by atoms with van der Waals surface area (Å²) in [6, 6.07) is 7.13. The summed E-state index contributed by atoms with van der Waals surface area (Å²) in [5.41, 5.74) is 2.07. The first-order valence-corrected chi connectivity index (χ1v) is 8.06. The normalized spacial score (nSPS) is 13.4. The summed E-state index contributed by atoms with van der Waals surface area (Å²) in [5, 5.41) is 14.4. The number of hydrogen-bond donors (Lipinski definition) is 1. The highest BCUT2D eigenvalue weighted by molar-refractivity contribution is 6.02. The van der Waals surface area contributed by atoms with Crippen molar-refractivity contribution in [3.05, 3.63) is 36.0 Å². The lowest BCUT2D eigenvalue weighted by Crippen LogP contribution is -2.15. The molecule has 7 nitrogen and oxygen atoms in total. The molecule has 2 aromatic heterocycles. The Kier molecular flexibility index (Phi) is 3.56. The van der Waals surface area contributed by atoms with E-state index in [0.717, 1.165) is 5.56 Å². The molecule has 0 unspecified atom stereocenters. The lowest BCUT2D eigenvalue weighted by atomic mass is 10.1. The standard InChI is InChI=1S/C18H17N3O4/c1-10(2)21-17-13(9-19-21)12(18(22)23)8-14(20-17)11-3-4-15-16(7-11)25-6-5-24-15/h3-4,7-10H,5-6H2,1-2H3,(H,22,23). The van der Waals surface area contributed by atoms with E-state index in [4.69, 9.17) is 9.47 Å². The molecule has 1 aliphatic rings. The van der Waals surface area contributed by atoms with Crippen molar-refractivity contribution in [2.75, 3.05) is 13.2 Å². The third kappa shape index (κ3) is 2.57. The second-order valence-electron chi connectivity index (χ2n) is 6.14. The van der Waals surface area contributed by atoms with E-state index in [-0.39, 0.29) is 11.6 Å². The number of carboxylic acids is 1. The molecule has 0 saturated heterocycles. The molecule has 0 aliphatic carbocycles. The summed E-state index contributed by atoms with van der Waals surface area (Å²) in [5.74, 6) is 0.316. The number of nitrogens with zero attached hydrogens (tertiary/aromatic N) is 3. The Morgan fingerprint density at radius 1 is 1.20 bits per heavy atom. The average molecular weight is 339 g/mol. The van der Waals surface area contributed by atoms with Gasteiger partial charge in [-0.05, 0) is 38.1 Å². The first-order chi connectivity index (χ1) is 12.0. The second-order valence-corrected chi connectivity index (χ2v) is 6.14. The molecule has 0 saturated carbocycles. The fourth-order valence-corrected chi connectivity index (χ4v) is 2.92. The number of rotatable bonds is 3. The summed E-state index contributed by atoms with van der Waals surface area (Å²) in [6.07, 6.45) is 1.55. The van der Waals surface area contributed by atoms with Gasteiger partial charge in [0.05, 0.1) is 22.8 Å². The van der Waals surface area contributed by atoms with Gasteiger partial charge in [0.25, 0.3) is 0 Å². The van der Waals surface area contributed by atoms with Gasteiger partial charge < -0.3 is 14.6 Å². The maximum atomic E-state index is 11.7. The molecule has 0 amide bonds. The van der Waals surface area contributed by atoms with E-state index in [9.17, 15) is 9.90 Å². The zero-order valence-corrected chi connectivity index (χ0v) is 13.9. The number of hydrogen-bond acceptors (Lipinski definition) is 5. The molecule has 1 N–H and O–H groups in total. The summed E-state index contributed by atoms with van der Waals surface area (Å²) in [4.78, 5) is 16.4. The van der Waals surface area contributed by atoms with Gasteiger partial charge in [0.2, 0.25) is 0 Å². The van der Waals surface area contributed by atoms with Crippen molar-refractivity contribution in [3.63, 3.8) is 0 Å². The highest BCUT2D eigenvalue weighted by Gasteiger charge is 2.19. The lowest BCUT2D eigenvalue weighted by molar-refractivity contribution is 0.0699. The van der Waals surface area contributed by atoms with Crippen LogP contribution in [0.1, 0.15) is 30.2 Å². The third-order valence-electron chi connectivity index (χ3n) is 4.12. The van der Waals surface area contributed by atoms with Crippen LogP contribution in [0.25, 0.3) is 22.3 Å². The summed E-state index contributed by atoms with van der Waals surface area (Å²) in [7, 11) is 0. The molecule has 25 heavy (non-hydrogen) atoms. The Labute approximate surface area is 143 Å². The molecule has 3 aromatic rings. The van der Waals surface area contributed by atoms with Gasteiger partial charge in [-0.15, -0.1) is 0 Å². The number of pyridine rings is 1. The molecule has 0 spiro atoms. The van der Waals surface area contributed by atoms with Crippen molar-refractivity contribution >= 4 is 17.0 Å². The molecule has 7 heteroatoms. The monoisotopic (exact) mass is 339 g/mol. The van der Waals surface area contributed by atoms with Gasteiger partial charge in [-0.2, -0.15) is 5.10 Å². The summed E-state index contributed by atoms with van der Waals surface area (Å²) in [6.45, 7) is 4.97. The van der Waals surface area contributed by atoms with Gasteiger partial charge in [-0.25, -0.2) is 14.5 Å². The van der Waals surface area contributed by atoms with Gasteiger partial charge in [0, 0.05) is 11.6 Å². The molecule has 0 atom stereocenters. The Balaban J connectivity index is 1.92. The zero-order chi connectivity index (χ0) is 17.6. The summed E-state index contributed by atoms with van der Waals surface area (Å²) < 4.78 is 12.9. The van der Waals surface area contributed by atoms with Crippen LogP contribution in [0.4, 0.5) is 0 Å². The number of carboxylic acid groups (broad SMARTS) is 1. The molecular weight excluding hydrogens is 322 g/mol. The minimum Gasteiger partial charge on any atom is -0.486 e. The molecule has 128 valence electrons. The molecule has 1 aromatic carbocycles. The van der Waals surface area contributed by atoms with Gasteiger partial charge in [0.15, 0.2) is 17.1 Å². The van der Waals surface area contributed by atoms with Crippen LogP contribution in [-0.2, 0) is 0 Å². The lowest BCUT2D eigenvalue weighted by Gasteiger charge is -2.19. The highest BCUT2D eigenvalue weighted by atomic mass is 16.6. The number of ether oxygens (including phenoxy) is 2. The number of fused-ring (bicyclic) bond motifs is 2. The first kappa shape index (κ1) is 15.4. The smallest absolute Gasteiger partial charge is 0.336 e. The van der Waals surface area contributed by atoms with Crippen LogP contribution in [0.2, 0.25) is 0 Å². The van der Waals surface area contributed by atoms with Gasteiger partial charge in [0.1, 0.15) is 13.2 Å². The molecule has 0 radical (unpaired) electrons. The Bertz CT molecular complexity index is 978. The van der Waals surface area contributed by atoms with Crippen molar-refractivity contribution in [3.8, 4) is 22.8 Å². The van der Waals surface area contributed by atoms with E-state index in [1.54, 1.807) is 16.9 Å². The van der Waals surface area contributed by atoms with Crippen molar-refractivity contribution in [2.45, 2.75) is 19.9 Å². The number of aromatic nitrogens is 3. The quantitative estimate of drug-likeness (QED) is 0.789. The van der Waals surface area contributed by atoms with Crippen LogP contribution in [-0.4, -0.2) is 39.1 Å². The first-order valence-electron chi connectivity index (χ1n) is 8.06. The number of benzene rings is 1. The van der Waals surface area contributed by atoms with E-state index in [1.165, 1.54) is 0 Å². The van der Waals surface area contributed by atoms with E-state index in [2.05, 4.69) is 10.1 Å². The molecule has 3 heterocycles. The van der Waals surface area contributed by atoms with Gasteiger partial charge >= 0.3 is 5.97 Å². The maximum absolute atomic E-state index is 11.7. The fourth-order valence-electron chi connectivity index (χ4n) is 2.92. The van der Waals surface area contributed by atoms with Crippen molar-refractivity contribution in [1.82, 2.24) is 14.8 Å². The third-order valence-corrected chi connectivity index (χ3v) is 4.12. The minimum atomic E-state index is -1.01. The largest absolute Gasteiger partial charge is 0.486 e. The maximum Gasteiger partial charge on any atom is 0.336 e. The Morgan fingerprint density at radius 3 is 2.68 bits per heavy atom. The van der Waals surface area contributed by atoms with E-state index < -0.39 is 5.97 Å². The van der Waals surface area contributed by atoms with E-state index in [0.29, 0.717) is 41.4 Å². The van der Waals surface area contributed by atoms with Crippen LogP contribution in [0.15, 0.2) is 30.5 Å². The predicted octanol–water partition coefficient (Wildman–Crippen LogP) is 3.15. The van der Waals surface area contributed by atoms with Crippen LogP contribution < -0.4 is 9.47 Å². The van der Waals surface area contributed by atoms with E-state index in [1.807, 2.05) is 32.0 Å². The minimum absolute atomic E-state index is 0.0714. The number of carbonyl (C=O) groups is 1. The number of aromatic carboxylic acids is 1. The zero-order valence-electron chi connectivity index (χ0n) is 13.9. The molecule has 4 rings (SSSR count). The van der Waals surface area contributed by atoms with Crippen molar-refractivity contribution < 1.29 is 19.4 Å². The molecule has 0 fully saturated rings. The predicted molar refractivity (Wildman–Crippen MR) is 91.3 cm³/mol. The SMILES string of the molecule is CC(C)n1ncc2c(C(=O)O)cc(-c3ccc4c(c3)OCCO4)nc21. The molecule has 1 aliphatic heterocycles.